The monoisotopic (exact) mass is 160 g/mol. The van der Waals surface area contributed by atoms with Gasteiger partial charge in [-0.05, 0) is 11.4 Å². The van der Waals surface area contributed by atoms with Gasteiger partial charge in [0.2, 0.25) is 0 Å². The molecular weight excluding hydrogens is 156 g/mol. The van der Waals surface area contributed by atoms with Gasteiger partial charge in [0.15, 0.2) is 0 Å². The summed E-state index contributed by atoms with van der Waals surface area (Å²) in [6.45, 7) is 0. The van der Waals surface area contributed by atoms with Gasteiger partial charge in [-0.2, -0.15) is 0 Å². The highest BCUT2D eigenvalue weighted by atomic mass is 35.5. The Morgan fingerprint density at radius 2 is 2.56 bits per heavy atom. The summed E-state index contributed by atoms with van der Waals surface area (Å²) in [7, 11) is 0. The molecule has 0 fully saturated rings. The van der Waals surface area contributed by atoms with Crippen molar-refractivity contribution in [2.45, 2.75) is 6.42 Å². The smallest absolute Gasteiger partial charge is 0.125 e. The van der Waals surface area contributed by atoms with Crippen LogP contribution in [-0.2, 0) is 11.2 Å². The molecule has 0 aliphatic heterocycles. The largest absolute Gasteiger partial charge is 0.303 e. The lowest BCUT2D eigenvalue weighted by atomic mass is 10.4. The molecule has 0 aromatic carbocycles. The highest BCUT2D eigenvalue weighted by molar-refractivity contribution is 7.10. The lowest BCUT2D eigenvalue weighted by Crippen LogP contribution is -1.78. The molecule has 0 amide bonds. The number of aldehydes is 1. The predicted octanol–water partition coefficient (Wildman–Crippen LogP) is 2.14. The van der Waals surface area contributed by atoms with Gasteiger partial charge < -0.3 is 4.79 Å². The van der Waals surface area contributed by atoms with Crippen molar-refractivity contribution >= 4 is 29.2 Å². The number of carbonyl (C=O) groups excluding carboxylic acids is 1. The number of hydrogen-bond acceptors (Lipinski definition) is 2. The number of thiophene rings is 1. The molecule has 1 heterocycles. The molecule has 1 aromatic rings. The maximum atomic E-state index is 9.97. The first kappa shape index (κ1) is 6.78. The number of hydrogen-bond donors (Lipinski definition) is 0. The van der Waals surface area contributed by atoms with Crippen LogP contribution in [0, 0.1) is 0 Å². The maximum absolute atomic E-state index is 9.97. The number of halogens is 1. The zero-order valence-electron chi connectivity index (χ0n) is 4.63. The Labute approximate surface area is 62.3 Å². The zero-order chi connectivity index (χ0) is 6.69. The SMILES string of the molecule is O=CCc1sccc1Cl. The van der Waals surface area contributed by atoms with Gasteiger partial charge in [-0.3, -0.25) is 0 Å². The first-order chi connectivity index (χ1) is 4.34. The Morgan fingerprint density at radius 3 is 3.00 bits per heavy atom. The molecule has 1 aromatic heterocycles. The second kappa shape index (κ2) is 2.99. The number of carbonyl (C=O) groups is 1. The summed E-state index contributed by atoms with van der Waals surface area (Å²) in [4.78, 5) is 10.9. The highest BCUT2D eigenvalue weighted by Gasteiger charge is 1.98. The van der Waals surface area contributed by atoms with Gasteiger partial charge in [0, 0.05) is 11.3 Å². The average molecular weight is 161 g/mol. The second-order valence-electron chi connectivity index (χ2n) is 1.56. The summed E-state index contributed by atoms with van der Waals surface area (Å²) >= 11 is 7.18. The molecule has 0 atom stereocenters. The molecule has 3 heteroatoms. The first-order valence-corrected chi connectivity index (χ1v) is 3.76. The van der Waals surface area contributed by atoms with Gasteiger partial charge in [0.1, 0.15) is 6.29 Å². The summed E-state index contributed by atoms with van der Waals surface area (Å²) < 4.78 is 0. The van der Waals surface area contributed by atoms with Crippen molar-refractivity contribution in [1.29, 1.82) is 0 Å². The van der Waals surface area contributed by atoms with Crippen LogP contribution in [0.5, 0.6) is 0 Å². The van der Waals surface area contributed by atoms with Crippen molar-refractivity contribution in [3.63, 3.8) is 0 Å². The van der Waals surface area contributed by atoms with Crippen molar-refractivity contribution in [3.05, 3.63) is 21.3 Å². The van der Waals surface area contributed by atoms with E-state index in [-0.39, 0.29) is 0 Å². The lowest BCUT2D eigenvalue weighted by Gasteiger charge is -1.84. The van der Waals surface area contributed by atoms with Crippen molar-refractivity contribution in [2.75, 3.05) is 0 Å². The van der Waals surface area contributed by atoms with Crippen LogP contribution in [-0.4, -0.2) is 6.29 Å². The van der Waals surface area contributed by atoms with Crippen LogP contribution in [0.1, 0.15) is 4.88 Å². The van der Waals surface area contributed by atoms with Crippen molar-refractivity contribution in [1.82, 2.24) is 0 Å². The Balaban J connectivity index is 2.80. The molecule has 0 unspecified atom stereocenters. The fourth-order valence-electron chi connectivity index (χ4n) is 0.546. The van der Waals surface area contributed by atoms with Gasteiger partial charge in [0.25, 0.3) is 0 Å². The van der Waals surface area contributed by atoms with E-state index in [1.807, 2.05) is 5.38 Å². The van der Waals surface area contributed by atoms with E-state index >= 15 is 0 Å². The third-order valence-electron chi connectivity index (χ3n) is 0.960. The van der Waals surface area contributed by atoms with Crippen LogP contribution < -0.4 is 0 Å². The molecule has 0 aliphatic rings. The van der Waals surface area contributed by atoms with Crippen LogP contribution in [0.4, 0.5) is 0 Å². The quantitative estimate of drug-likeness (QED) is 0.606. The van der Waals surface area contributed by atoms with E-state index in [1.165, 1.54) is 11.3 Å². The van der Waals surface area contributed by atoms with E-state index in [1.54, 1.807) is 6.07 Å². The van der Waals surface area contributed by atoms with Crippen LogP contribution in [0.15, 0.2) is 11.4 Å². The van der Waals surface area contributed by atoms with Crippen molar-refractivity contribution in [2.24, 2.45) is 0 Å². The molecule has 0 saturated carbocycles. The topological polar surface area (TPSA) is 17.1 Å². The van der Waals surface area contributed by atoms with Gasteiger partial charge in [-0.25, -0.2) is 0 Å². The van der Waals surface area contributed by atoms with Crippen LogP contribution in [0.2, 0.25) is 5.02 Å². The minimum atomic E-state index is 0.441. The zero-order valence-corrected chi connectivity index (χ0v) is 6.21. The van der Waals surface area contributed by atoms with Crippen molar-refractivity contribution in [3.8, 4) is 0 Å². The molecule has 1 rings (SSSR count). The van der Waals surface area contributed by atoms with Crippen molar-refractivity contribution < 1.29 is 4.79 Å². The van der Waals surface area contributed by atoms with Gasteiger partial charge in [-0.15, -0.1) is 11.3 Å². The summed E-state index contributed by atoms with van der Waals surface area (Å²) in [5.41, 5.74) is 0. The molecule has 0 saturated heterocycles. The van der Waals surface area contributed by atoms with Crippen LogP contribution in [0.3, 0.4) is 0 Å². The predicted molar refractivity (Wildman–Crippen MR) is 39.1 cm³/mol. The third-order valence-corrected chi connectivity index (χ3v) is 2.37. The standard InChI is InChI=1S/C6H5ClOS/c7-5-2-4-9-6(5)1-3-8/h2-4H,1H2. The molecule has 9 heavy (non-hydrogen) atoms. The molecule has 0 bridgehead atoms. The molecule has 1 nitrogen and oxygen atoms in total. The van der Waals surface area contributed by atoms with E-state index in [0.717, 1.165) is 11.2 Å². The normalized spacial score (nSPS) is 9.44. The molecule has 0 N–H and O–H groups in total. The third kappa shape index (κ3) is 1.53. The fourth-order valence-corrected chi connectivity index (χ4v) is 1.61. The average Bonchev–Trinajstić information content (AvgIpc) is 2.18. The van der Waals surface area contributed by atoms with E-state index in [2.05, 4.69) is 0 Å². The van der Waals surface area contributed by atoms with Crippen LogP contribution >= 0.6 is 22.9 Å². The van der Waals surface area contributed by atoms with E-state index in [4.69, 9.17) is 11.6 Å². The Kier molecular flexibility index (Phi) is 2.25. The summed E-state index contributed by atoms with van der Waals surface area (Å²) in [6, 6.07) is 1.80. The van der Waals surface area contributed by atoms with Gasteiger partial charge in [0.05, 0.1) is 5.02 Å². The number of rotatable bonds is 2. The Morgan fingerprint density at radius 1 is 1.78 bits per heavy atom. The summed E-state index contributed by atoms with van der Waals surface area (Å²) in [6.07, 6.45) is 1.30. The minimum Gasteiger partial charge on any atom is -0.303 e. The Hall–Kier alpha value is -0.340. The van der Waals surface area contributed by atoms with Gasteiger partial charge in [-0.1, -0.05) is 11.6 Å². The van der Waals surface area contributed by atoms with E-state index in [0.29, 0.717) is 11.4 Å². The molecule has 0 aliphatic carbocycles. The maximum Gasteiger partial charge on any atom is 0.125 e. The minimum absolute atomic E-state index is 0.441. The van der Waals surface area contributed by atoms with Gasteiger partial charge >= 0.3 is 0 Å². The van der Waals surface area contributed by atoms with E-state index in [9.17, 15) is 4.79 Å². The molecular formula is C6H5ClOS. The second-order valence-corrected chi connectivity index (χ2v) is 2.97. The summed E-state index contributed by atoms with van der Waals surface area (Å²) in [5.74, 6) is 0. The fraction of sp³-hybridized carbons (Fsp3) is 0.167. The van der Waals surface area contributed by atoms with Crippen LogP contribution in [0.25, 0.3) is 0 Å². The lowest BCUT2D eigenvalue weighted by molar-refractivity contribution is -0.107. The molecule has 0 radical (unpaired) electrons. The first-order valence-electron chi connectivity index (χ1n) is 2.50. The molecule has 48 valence electrons. The molecule has 0 spiro atoms. The highest BCUT2D eigenvalue weighted by Crippen LogP contribution is 2.21. The summed E-state index contributed by atoms with van der Waals surface area (Å²) in [5, 5.41) is 2.58. The Bertz CT molecular complexity index is 207. The van der Waals surface area contributed by atoms with E-state index < -0.39 is 0 Å².